The van der Waals surface area contributed by atoms with E-state index in [1.54, 1.807) is 14.0 Å². The Morgan fingerprint density at radius 2 is 1.86 bits per heavy atom. The molecule has 4 nitrogen and oxygen atoms in total. The third-order valence-corrected chi connectivity index (χ3v) is 3.52. The Hall–Kier alpha value is -0.290. The molecule has 2 atom stereocenters. The fourth-order valence-corrected chi connectivity index (χ4v) is 1.71. The zero-order chi connectivity index (χ0) is 11.5. The van der Waals surface area contributed by atoms with Gasteiger partial charge in [0, 0.05) is 25.2 Å². The maximum absolute atomic E-state index is 11.5. The Labute approximate surface area is 90.1 Å². The van der Waals surface area contributed by atoms with E-state index in [1.165, 1.54) is 11.8 Å². The molecule has 1 amide bonds. The lowest BCUT2D eigenvalue weighted by atomic mass is 10.3. The largest absolute Gasteiger partial charge is 0.343 e. The van der Waals surface area contributed by atoms with Crippen LogP contribution in [0.15, 0.2) is 0 Å². The molecule has 0 rings (SSSR count). The monoisotopic (exact) mass is 241 g/mol. The molecular weight excluding hydrogens is 226 g/mol. The number of sulfone groups is 1. The molecule has 0 aromatic heterocycles. The number of carbonyl (C=O) groups is 1. The van der Waals surface area contributed by atoms with Crippen molar-refractivity contribution in [1.82, 2.24) is 4.90 Å². The molecule has 0 heterocycles. The predicted molar refractivity (Wildman–Crippen MR) is 57.3 cm³/mol. The third kappa shape index (κ3) is 4.28. The standard InChI is InChI=1S/C8H16ClNO3S/c1-6(9)5-10(3)8(11)7(2)14(4,12)13/h6-7H,5H2,1-4H3. The van der Waals surface area contributed by atoms with Gasteiger partial charge in [0.15, 0.2) is 9.84 Å². The molecule has 0 N–H and O–H groups in total. The lowest BCUT2D eigenvalue weighted by molar-refractivity contribution is -0.129. The van der Waals surface area contributed by atoms with E-state index in [2.05, 4.69) is 0 Å². The summed E-state index contributed by atoms with van der Waals surface area (Å²) in [6, 6.07) is 0. The average Bonchev–Trinajstić information content (AvgIpc) is 1.98. The lowest BCUT2D eigenvalue weighted by Gasteiger charge is -2.21. The number of nitrogens with zero attached hydrogens (tertiary/aromatic N) is 1. The Bertz CT molecular complexity index is 300. The topological polar surface area (TPSA) is 54.5 Å². The van der Waals surface area contributed by atoms with Crippen molar-refractivity contribution in [2.45, 2.75) is 24.5 Å². The van der Waals surface area contributed by atoms with Gasteiger partial charge in [-0.3, -0.25) is 4.79 Å². The van der Waals surface area contributed by atoms with Crippen LogP contribution in [0.4, 0.5) is 0 Å². The van der Waals surface area contributed by atoms with Gasteiger partial charge in [-0.05, 0) is 13.8 Å². The summed E-state index contributed by atoms with van der Waals surface area (Å²) in [6.07, 6.45) is 1.05. The van der Waals surface area contributed by atoms with E-state index in [1.807, 2.05) is 0 Å². The molecule has 0 aliphatic heterocycles. The number of hydrogen-bond donors (Lipinski definition) is 0. The highest BCUT2D eigenvalue weighted by molar-refractivity contribution is 7.92. The second kappa shape index (κ2) is 4.98. The predicted octanol–water partition coefficient (Wildman–Crippen LogP) is 0.505. The van der Waals surface area contributed by atoms with E-state index in [0.29, 0.717) is 6.54 Å². The lowest BCUT2D eigenvalue weighted by Crippen LogP contribution is -2.41. The molecule has 0 saturated carbocycles. The van der Waals surface area contributed by atoms with Crippen molar-refractivity contribution in [2.24, 2.45) is 0 Å². The highest BCUT2D eigenvalue weighted by atomic mass is 35.5. The van der Waals surface area contributed by atoms with E-state index in [4.69, 9.17) is 11.6 Å². The quantitative estimate of drug-likeness (QED) is 0.674. The third-order valence-electron chi connectivity index (χ3n) is 1.89. The maximum Gasteiger partial charge on any atom is 0.240 e. The molecule has 0 aliphatic carbocycles. The Kier molecular flexibility index (Phi) is 4.88. The van der Waals surface area contributed by atoms with E-state index in [-0.39, 0.29) is 5.38 Å². The van der Waals surface area contributed by atoms with Gasteiger partial charge in [0.25, 0.3) is 0 Å². The molecule has 0 aromatic carbocycles. The summed E-state index contributed by atoms with van der Waals surface area (Å²) in [5.41, 5.74) is 0. The zero-order valence-electron chi connectivity index (χ0n) is 8.82. The van der Waals surface area contributed by atoms with Gasteiger partial charge in [-0.2, -0.15) is 0 Å². The van der Waals surface area contributed by atoms with Gasteiger partial charge in [0.1, 0.15) is 5.25 Å². The molecule has 0 bridgehead atoms. The van der Waals surface area contributed by atoms with E-state index in [0.717, 1.165) is 6.26 Å². The SMILES string of the molecule is CC(Cl)CN(C)C(=O)C(C)S(C)(=O)=O. The minimum Gasteiger partial charge on any atom is -0.343 e. The van der Waals surface area contributed by atoms with Crippen LogP contribution in [0.5, 0.6) is 0 Å². The Morgan fingerprint density at radius 1 is 1.43 bits per heavy atom. The summed E-state index contributed by atoms with van der Waals surface area (Å²) in [5.74, 6) is -0.417. The number of halogens is 1. The number of rotatable bonds is 4. The van der Waals surface area contributed by atoms with Crippen LogP contribution in [0, 0.1) is 0 Å². The number of amides is 1. The van der Waals surface area contributed by atoms with Crippen LogP contribution in [0.3, 0.4) is 0 Å². The van der Waals surface area contributed by atoms with E-state index >= 15 is 0 Å². The maximum atomic E-state index is 11.5. The van der Waals surface area contributed by atoms with Crippen molar-refractivity contribution in [2.75, 3.05) is 19.8 Å². The molecule has 84 valence electrons. The van der Waals surface area contributed by atoms with Gasteiger partial charge in [0.05, 0.1) is 0 Å². The van der Waals surface area contributed by atoms with Crippen molar-refractivity contribution in [3.8, 4) is 0 Å². The molecule has 6 heteroatoms. The van der Waals surface area contributed by atoms with Gasteiger partial charge < -0.3 is 4.90 Å². The minimum absolute atomic E-state index is 0.185. The first-order valence-electron chi connectivity index (χ1n) is 4.24. The van der Waals surface area contributed by atoms with Crippen molar-refractivity contribution in [1.29, 1.82) is 0 Å². The van der Waals surface area contributed by atoms with Gasteiger partial charge in [-0.25, -0.2) is 8.42 Å². The van der Waals surface area contributed by atoms with Gasteiger partial charge in [-0.1, -0.05) is 0 Å². The van der Waals surface area contributed by atoms with Gasteiger partial charge in [-0.15, -0.1) is 11.6 Å². The van der Waals surface area contributed by atoms with Crippen molar-refractivity contribution >= 4 is 27.3 Å². The van der Waals surface area contributed by atoms with Crippen LogP contribution in [0.25, 0.3) is 0 Å². The fourth-order valence-electron chi connectivity index (χ4n) is 0.961. The van der Waals surface area contributed by atoms with Crippen molar-refractivity contribution < 1.29 is 13.2 Å². The molecule has 0 aliphatic rings. The second-order valence-corrected chi connectivity index (χ2v) is 6.58. The smallest absolute Gasteiger partial charge is 0.240 e. The summed E-state index contributed by atoms with van der Waals surface area (Å²) >= 11 is 5.69. The molecule has 14 heavy (non-hydrogen) atoms. The van der Waals surface area contributed by atoms with Crippen LogP contribution >= 0.6 is 11.6 Å². The summed E-state index contributed by atoms with van der Waals surface area (Å²) in [6.45, 7) is 3.48. The first-order valence-corrected chi connectivity index (χ1v) is 6.63. The van der Waals surface area contributed by atoms with Gasteiger partial charge in [0.2, 0.25) is 5.91 Å². The highest BCUT2D eigenvalue weighted by Crippen LogP contribution is 2.05. The van der Waals surface area contributed by atoms with Crippen molar-refractivity contribution in [3.05, 3.63) is 0 Å². The molecular formula is C8H16ClNO3S. The second-order valence-electron chi connectivity index (χ2n) is 3.47. The van der Waals surface area contributed by atoms with E-state index < -0.39 is 21.0 Å². The van der Waals surface area contributed by atoms with Crippen LogP contribution < -0.4 is 0 Å². The molecule has 0 spiro atoms. The molecule has 2 unspecified atom stereocenters. The summed E-state index contributed by atoms with van der Waals surface area (Å²) in [4.78, 5) is 12.8. The van der Waals surface area contributed by atoms with Crippen LogP contribution in [0.1, 0.15) is 13.8 Å². The fraction of sp³-hybridized carbons (Fsp3) is 0.875. The van der Waals surface area contributed by atoms with Crippen LogP contribution in [-0.4, -0.2) is 49.7 Å². The Balaban J connectivity index is 4.48. The molecule has 0 radical (unpaired) electrons. The normalized spacial score (nSPS) is 16.1. The highest BCUT2D eigenvalue weighted by Gasteiger charge is 2.26. The molecule has 0 saturated heterocycles. The molecule has 0 fully saturated rings. The Morgan fingerprint density at radius 3 is 2.14 bits per heavy atom. The number of alkyl halides is 1. The summed E-state index contributed by atoms with van der Waals surface area (Å²) < 4.78 is 22.2. The van der Waals surface area contributed by atoms with Gasteiger partial charge >= 0.3 is 0 Å². The average molecular weight is 242 g/mol. The summed E-state index contributed by atoms with van der Waals surface area (Å²) in [5, 5.41) is -1.18. The minimum atomic E-state index is -3.32. The summed E-state index contributed by atoms with van der Waals surface area (Å²) in [7, 11) is -1.77. The van der Waals surface area contributed by atoms with Crippen LogP contribution in [0.2, 0.25) is 0 Å². The number of hydrogen-bond acceptors (Lipinski definition) is 3. The first-order chi connectivity index (χ1) is 6.16. The first kappa shape index (κ1) is 13.7. The van der Waals surface area contributed by atoms with Crippen molar-refractivity contribution in [3.63, 3.8) is 0 Å². The number of carbonyl (C=O) groups excluding carboxylic acids is 1. The van der Waals surface area contributed by atoms with Crippen LogP contribution in [-0.2, 0) is 14.6 Å². The zero-order valence-corrected chi connectivity index (χ0v) is 10.4. The van der Waals surface area contributed by atoms with E-state index in [9.17, 15) is 13.2 Å². The molecule has 0 aromatic rings.